The summed E-state index contributed by atoms with van der Waals surface area (Å²) in [5, 5.41) is 1.85. The average molecular weight is 117 g/mol. The van der Waals surface area contributed by atoms with E-state index in [1.54, 1.807) is 7.11 Å². The number of hydroxylamine groups is 2. The predicted octanol–water partition coefficient (Wildman–Crippen LogP) is 1.28. The summed E-state index contributed by atoms with van der Waals surface area (Å²) in [7, 11) is 3.63. The number of hydrogen-bond donors (Lipinski definition) is 0. The van der Waals surface area contributed by atoms with Crippen LogP contribution in [0.4, 0.5) is 0 Å². The molecule has 0 saturated heterocycles. The molecule has 0 aromatic carbocycles. The molecule has 0 fully saturated rings. The highest BCUT2D eigenvalue weighted by Gasteiger charge is 2.02. The van der Waals surface area contributed by atoms with Crippen molar-refractivity contribution in [1.29, 1.82) is 0 Å². The molecule has 0 N–H and O–H groups in total. The molecule has 0 radical (unpaired) electrons. The predicted molar refractivity (Wildman–Crippen MR) is 34.5 cm³/mol. The maximum absolute atomic E-state index is 4.94. The first-order valence-electron chi connectivity index (χ1n) is 2.99. The van der Waals surface area contributed by atoms with Gasteiger partial charge in [0.15, 0.2) is 0 Å². The van der Waals surface area contributed by atoms with Gasteiger partial charge in [-0.1, -0.05) is 6.92 Å². The van der Waals surface area contributed by atoms with Crippen LogP contribution in [-0.4, -0.2) is 25.3 Å². The molecule has 0 aromatic heterocycles. The zero-order valence-electron chi connectivity index (χ0n) is 6.14. The fourth-order valence-electron chi connectivity index (χ4n) is 0.437. The Bertz CT molecular complexity index is 48.5. The number of hydrogen-bond acceptors (Lipinski definition) is 2. The fraction of sp³-hybridized carbons (Fsp3) is 1.00. The van der Waals surface area contributed by atoms with Gasteiger partial charge in [-0.25, -0.2) is 0 Å². The maximum atomic E-state index is 4.94. The van der Waals surface area contributed by atoms with Crippen molar-refractivity contribution in [2.24, 2.45) is 0 Å². The van der Waals surface area contributed by atoms with E-state index in [4.69, 9.17) is 4.84 Å². The van der Waals surface area contributed by atoms with Gasteiger partial charge >= 0.3 is 0 Å². The van der Waals surface area contributed by atoms with E-state index in [2.05, 4.69) is 13.8 Å². The van der Waals surface area contributed by atoms with Gasteiger partial charge in [-0.15, -0.1) is 0 Å². The molecule has 1 atom stereocenters. The molecule has 0 rings (SSSR count). The van der Waals surface area contributed by atoms with Crippen LogP contribution in [-0.2, 0) is 4.84 Å². The van der Waals surface area contributed by atoms with Crippen LogP contribution in [0, 0.1) is 0 Å². The Hall–Kier alpha value is -0.0800. The molecule has 50 valence electrons. The molecule has 1 unspecified atom stereocenters. The normalized spacial score (nSPS) is 14.6. The molecule has 2 heteroatoms. The summed E-state index contributed by atoms with van der Waals surface area (Å²) >= 11 is 0. The van der Waals surface area contributed by atoms with Crippen LogP contribution in [0.3, 0.4) is 0 Å². The molecule has 0 aromatic rings. The minimum Gasteiger partial charge on any atom is -0.302 e. The highest BCUT2D eigenvalue weighted by molar-refractivity contribution is 4.49. The SMILES string of the molecule is CCC(C)N(C)OC. The van der Waals surface area contributed by atoms with E-state index in [9.17, 15) is 0 Å². The summed E-state index contributed by atoms with van der Waals surface area (Å²) < 4.78 is 0. The third kappa shape index (κ3) is 2.28. The fourth-order valence-corrected chi connectivity index (χ4v) is 0.437. The van der Waals surface area contributed by atoms with Gasteiger partial charge < -0.3 is 4.84 Å². The van der Waals surface area contributed by atoms with Crippen molar-refractivity contribution in [3.8, 4) is 0 Å². The van der Waals surface area contributed by atoms with Crippen LogP contribution in [0.25, 0.3) is 0 Å². The first-order chi connectivity index (χ1) is 3.72. The molecular weight excluding hydrogens is 102 g/mol. The van der Waals surface area contributed by atoms with Crippen LogP contribution < -0.4 is 0 Å². The summed E-state index contributed by atoms with van der Waals surface area (Å²) in [4.78, 5) is 4.94. The molecule has 0 heterocycles. The topological polar surface area (TPSA) is 12.5 Å². The first kappa shape index (κ1) is 7.92. The van der Waals surface area contributed by atoms with E-state index in [1.165, 1.54) is 0 Å². The van der Waals surface area contributed by atoms with E-state index in [1.807, 2.05) is 12.1 Å². The Labute approximate surface area is 51.4 Å². The number of nitrogens with zero attached hydrogens (tertiary/aromatic N) is 1. The monoisotopic (exact) mass is 117 g/mol. The van der Waals surface area contributed by atoms with Gasteiger partial charge in [-0.3, -0.25) is 0 Å². The molecule has 2 nitrogen and oxygen atoms in total. The van der Waals surface area contributed by atoms with Crippen LogP contribution in [0.2, 0.25) is 0 Å². The van der Waals surface area contributed by atoms with Crippen molar-refractivity contribution in [3.63, 3.8) is 0 Å². The van der Waals surface area contributed by atoms with Gasteiger partial charge in [-0.05, 0) is 13.3 Å². The van der Waals surface area contributed by atoms with Crippen molar-refractivity contribution >= 4 is 0 Å². The van der Waals surface area contributed by atoms with Crippen molar-refractivity contribution < 1.29 is 4.84 Å². The molecule has 0 aliphatic carbocycles. The highest BCUT2D eigenvalue weighted by Crippen LogP contribution is 1.97. The molecule has 0 aliphatic heterocycles. The van der Waals surface area contributed by atoms with Gasteiger partial charge in [0.1, 0.15) is 0 Å². The van der Waals surface area contributed by atoms with Crippen LogP contribution >= 0.6 is 0 Å². The molecule has 0 aliphatic rings. The standard InChI is InChI=1S/C6H15NO/c1-5-6(2)7(3)8-4/h6H,5H2,1-4H3. The van der Waals surface area contributed by atoms with E-state index < -0.39 is 0 Å². The Morgan fingerprint density at radius 2 is 2.12 bits per heavy atom. The van der Waals surface area contributed by atoms with Gasteiger partial charge in [0.05, 0.1) is 7.11 Å². The molecule has 0 bridgehead atoms. The summed E-state index contributed by atoms with van der Waals surface area (Å²) in [6.45, 7) is 4.27. The minimum atomic E-state index is 0.528. The lowest BCUT2D eigenvalue weighted by Gasteiger charge is -2.19. The maximum Gasteiger partial charge on any atom is 0.0575 e. The molecular formula is C6H15NO. The van der Waals surface area contributed by atoms with Gasteiger partial charge in [-0.2, -0.15) is 5.06 Å². The molecule has 0 spiro atoms. The van der Waals surface area contributed by atoms with Crippen LogP contribution in [0.5, 0.6) is 0 Å². The lowest BCUT2D eigenvalue weighted by Crippen LogP contribution is -2.26. The largest absolute Gasteiger partial charge is 0.302 e. The van der Waals surface area contributed by atoms with Crippen molar-refractivity contribution in [1.82, 2.24) is 5.06 Å². The van der Waals surface area contributed by atoms with E-state index in [0.717, 1.165) is 6.42 Å². The number of rotatable bonds is 3. The van der Waals surface area contributed by atoms with Gasteiger partial charge in [0, 0.05) is 13.1 Å². The summed E-state index contributed by atoms with van der Waals surface area (Å²) in [5.41, 5.74) is 0. The Balaban J connectivity index is 3.29. The van der Waals surface area contributed by atoms with E-state index >= 15 is 0 Å². The Morgan fingerprint density at radius 3 is 2.25 bits per heavy atom. The quantitative estimate of drug-likeness (QED) is 0.516. The second-order valence-corrected chi connectivity index (χ2v) is 1.99. The highest BCUT2D eigenvalue weighted by atomic mass is 16.7. The van der Waals surface area contributed by atoms with Gasteiger partial charge in [0.2, 0.25) is 0 Å². The van der Waals surface area contributed by atoms with Crippen LogP contribution in [0.1, 0.15) is 20.3 Å². The van der Waals surface area contributed by atoms with Gasteiger partial charge in [0.25, 0.3) is 0 Å². The molecule has 0 saturated carbocycles. The second-order valence-electron chi connectivity index (χ2n) is 1.99. The van der Waals surface area contributed by atoms with E-state index in [0.29, 0.717) is 6.04 Å². The zero-order chi connectivity index (χ0) is 6.57. The third-order valence-corrected chi connectivity index (χ3v) is 1.50. The van der Waals surface area contributed by atoms with Crippen molar-refractivity contribution in [2.75, 3.05) is 14.2 Å². The van der Waals surface area contributed by atoms with E-state index in [-0.39, 0.29) is 0 Å². The smallest absolute Gasteiger partial charge is 0.0575 e. The van der Waals surface area contributed by atoms with Crippen molar-refractivity contribution in [3.05, 3.63) is 0 Å². The van der Waals surface area contributed by atoms with Crippen LogP contribution in [0.15, 0.2) is 0 Å². The Kier molecular flexibility index (Phi) is 3.83. The lowest BCUT2D eigenvalue weighted by molar-refractivity contribution is -0.136. The van der Waals surface area contributed by atoms with Crippen molar-refractivity contribution in [2.45, 2.75) is 26.3 Å². The minimum absolute atomic E-state index is 0.528. The Morgan fingerprint density at radius 1 is 1.62 bits per heavy atom. The molecule has 0 amide bonds. The summed E-state index contributed by atoms with van der Waals surface area (Å²) in [5.74, 6) is 0. The summed E-state index contributed by atoms with van der Waals surface area (Å²) in [6, 6.07) is 0.528. The third-order valence-electron chi connectivity index (χ3n) is 1.50. The lowest BCUT2D eigenvalue weighted by atomic mass is 10.3. The average Bonchev–Trinajstić information content (AvgIpc) is 1.84. The molecule has 8 heavy (non-hydrogen) atoms. The summed E-state index contributed by atoms with van der Waals surface area (Å²) in [6.07, 6.45) is 1.13. The second kappa shape index (κ2) is 3.87. The zero-order valence-corrected chi connectivity index (χ0v) is 6.14. The first-order valence-corrected chi connectivity index (χ1v) is 2.99.